The predicted molar refractivity (Wildman–Crippen MR) is 92.6 cm³/mol. The molecule has 1 aliphatic rings. The van der Waals surface area contributed by atoms with E-state index >= 15 is 0 Å². The number of hydrogen-bond donors (Lipinski definition) is 2. The number of nitrogens with one attached hydrogen (secondary N) is 1. The number of anilines is 1. The molecular formula is C16H23N5OS. The van der Waals surface area contributed by atoms with Crippen LogP contribution in [-0.4, -0.2) is 34.0 Å². The smallest absolute Gasteiger partial charge is 0.242 e. The number of imidazole rings is 1. The van der Waals surface area contributed by atoms with E-state index in [0.29, 0.717) is 19.6 Å². The van der Waals surface area contributed by atoms with Crippen LogP contribution in [0.15, 0.2) is 6.20 Å². The van der Waals surface area contributed by atoms with Gasteiger partial charge in [-0.05, 0) is 25.8 Å². The molecule has 0 radical (unpaired) electrons. The molecule has 2 aromatic rings. The van der Waals surface area contributed by atoms with Crippen molar-refractivity contribution < 1.29 is 4.79 Å². The summed E-state index contributed by atoms with van der Waals surface area (Å²) in [4.78, 5) is 20.2. The number of hydrogen-bond acceptors (Lipinski definition) is 5. The van der Waals surface area contributed by atoms with Crippen LogP contribution < -0.4 is 11.1 Å². The van der Waals surface area contributed by atoms with Crippen LogP contribution in [0.3, 0.4) is 0 Å². The van der Waals surface area contributed by atoms with Crippen LogP contribution in [0.4, 0.5) is 5.00 Å². The monoisotopic (exact) mass is 333 g/mol. The average Bonchev–Trinajstić information content (AvgIpc) is 3.05. The van der Waals surface area contributed by atoms with Crippen LogP contribution in [0, 0.1) is 13.8 Å². The van der Waals surface area contributed by atoms with Gasteiger partial charge in [0.05, 0.1) is 17.2 Å². The lowest BCUT2D eigenvalue weighted by Crippen LogP contribution is -2.37. The Morgan fingerprint density at radius 2 is 2.26 bits per heavy atom. The Morgan fingerprint density at radius 3 is 2.87 bits per heavy atom. The molecule has 7 heteroatoms. The van der Waals surface area contributed by atoms with Gasteiger partial charge in [-0.25, -0.2) is 4.98 Å². The lowest BCUT2D eigenvalue weighted by atomic mass is 10.0. The highest BCUT2D eigenvalue weighted by molar-refractivity contribution is 7.16. The van der Waals surface area contributed by atoms with Crippen LogP contribution in [-0.2, 0) is 30.8 Å². The van der Waals surface area contributed by atoms with Crippen molar-refractivity contribution in [2.24, 2.45) is 5.73 Å². The number of nitrogens with two attached hydrogens (primary N) is 1. The summed E-state index contributed by atoms with van der Waals surface area (Å²) < 4.78 is 1.92. The van der Waals surface area contributed by atoms with Crippen LogP contribution in [0.1, 0.15) is 27.5 Å². The maximum atomic E-state index is 12.6. The molecule has 0 bridgehead atoms. The predicted octanol–water partition coefficient (Wildman–Crippen LogP) is 1.65. The zero-order valence-electron chi connectivity index (χ0n) is 13.8. The van der Waals surface area contributed by atoms with E-state index in [2.05, 4.69) is 10.3 Å². The highest BCUT2D eigenvalue weighted by Crippen LogP contribution is 2.36. The Morgan fingerprint density at radius 1 is 1.48 bits per heavy atom. The van der Waals surface area contributed by atoms with Crippen LogP contribution >= 0.6 is 11.3 Å². The van der Waals surface area contributed by atoms with Crippen molar-refractivity contribution >= 4 is 22.2 Å². The molecule has 0 spiro atoms. The molecule has 0 atom stereocenters. The molecule has 3 N–H and O–H groups in total. The second-order valence-electron chi connectivity index (χ2n) is 5.89. The molecule has 1 aliphatic heterocycles. The van der Waals surface area contributed by atoms with Crippen molar-refractivity contribution in [3.8, 4) is 0 Å². The summed E-state index contributed by atoms with van der Waals surface area (Å²) in [5, 5.41) is 4.35. The minimum Gasteiger partial charge on any atom is -0.380 e. The molecule has 0 fully saturated rings. The lowest BCUT2D eigenvalue weighted by molar-refractivity contribution is -0.132. The number of rotatable bonds is 4. The molecule has 3 rings (SSSR count). The first-order chi connectivity index (χ1) is 11.0. The summed E-state index contributed by atoms with van der Waals surface area (Å²) in [5.74, 6) is 1.03. The molecule has 124 valence electrons. The van der Waals surface area contributed by atoms with Gasteiger partial charge in [0.15, 0.2) is 0 Å². The second-order valence-corrected chi connectivity index (χ2v) is 6.99. The Kier molecular flexibility index (Phi) is 4.41. The fourth-order valence-corrected chi connectivity index (χ4v) is 4.42. The summed E-state index contributed by atoms with van der Waals surface area (Å²) in [6.07, 6.45) is 2.81. The number of carbonyl (C=O) groups is 1. The van der Waals surface area contributed by atoms with Gasteiger partial charge in [-0.2, -0.15) is 0 Å². The average molecular weight is 333 g/mol. The van der Waals surface area contributed by atoms with Crippen molar-refractivity contribution in [1.29, 1.82) is 0 Å². The van der Waals surface area contributed by atoms with Gasteiger partial charge in [0.25, 0.3) is 0 Å². The van der Waals surface area contributed by atoms with Gasteiger partial charge in [0, 0.05) is 36.8 Å². The molecule has 0 aliphatic carbocycles. The first-order valence-corrected chi connectivity index (χ1v) is 8.64. The van der Waals surface area contributed by atoms with Crippen molar-refractivity contribution in [3.63, 3.8) is 0 Å². The minimum absolute atomic E-state index is 0.143. The highest BCUT2D eigenvalue weighted by Gasteiger charge is 2.26. The maximum Gasteiger partial charge on any atom is 0.242 e. The number of amides is 1. The van der Waals surface area contributed by atoms with E-state index in [1.165, 1.54) is 16.0 Å². The van der Waals surface area contributed by atoms with Gasteiger partial charge in [-0.3, -0.25) is 4.79 Å². The van der Waals surface area contributed by atoms with Gasteiger partial charge in [0.2, 0.25) is 5.91 Å². The third kappa shape index (κ3) is 2.98. The lowest BCUT2D eigenvalue weighted by Gasteiger charge is -2.27. The quantitative estimate of drug-likeness (QED) is 0.892. The van der Waals surface area contributed by atoms with Gasteiger partial charge in [-0.1, -0.05) is 0 Å². The molecule has 0 unspecified atom stereocenters. The minimum atomic E-state index is 0.143. The van der Waals surface area contributed by atoms with E-state index in [1.807, 2.05) is 36.6 Å². The first-order valence-electron chi connectivity index (χ1n) is 7.82. The molecule has 3 heterocycles. The van der Waals surface area contributed by atoms with E-state index < -0.39 is 0 Å². The van der Waals surface area contributed by atoms with E-state index in [9.17, 15) is 4.79 Å². The Labute approximate surface area is 140 Å². The molecule has 23 heavy (non-hydrogen) atoms. The summed E-state index contributed by atoms with van der Waals surface area (Å²) >= 11 is 1.72. The zero-order chi connectivity index (χ0) is 16.6. The molecule has 0 saturated carbocycles. The highest BCUT2D eigenvalue weighted by atomic mass is 32.1. The van der Waals surface area contributed by atoms with Crippen LogP contribution in [0.2, 0.25) is 0 Å². The van der Waals surface area contributed by atoms with E-state index in [-0.39, 0.29) is 5.91 Å². The van der Waals surface area contributed by atoms with E-state index in [1.54, 1.807) is 11.3 Å². The number of aryl methyl sites for hydroxylation is 2. The second kappa shape index (κ2) is 6.33. The number of nitrogens with zero attached hydrogens (tertiary/aromatic N) is 3. The SMILES string of the molecule is CNc1sc2c(c1CN)CCN(C(=O)Cn1cc(C)nc1C)C2. The number of aromatic nitrogens is 2. The maximum absolute atomic E-state index is 12.6. The number of carbonyl (C=O) groups excluding carboxylic acids is 1. The van der Waals surface area contributed by atoms with Gasteiger partial charge < -0.3 is 20.5 Å². The van der Waals surface area contributed by atoms with Crippen molar-refractivity contribution in [2.75, 3.05) is 18.9 Å². The third-order valence-electron chi connectivity index (χ3n) is 4.35. The Bertz CT molecular complexity index is 733. The van der Waals surface area contributed by atoms with Gasteiger partial charge in [0.1, 0.15) is 12.4 Å². The van der Waals surface area contributed by atoms with Crippen molar-refractivity contribution in [2.45, 2.75) is 39.9 Å². The number of fused-ring (bicyclic) bond motifs is 1. The summed E-state index contributed by atoms with van der Waals surface area (Å²) in [6.45, 7) is 6.21. The molecule has 1 amide bonds. The zero-order valence-corrected chi connectivity index (χ0v) is 14.7. The molecule has 0 saturated heterocycles. The summed E-state index contributed by atoms with van der Waals surface area (Å²) in [7, 11) is 1.92. The van der Waals surface area contributed by atoms with Crippen molar-refractivity contribution in [1.82, 2.24) is 14.5 Å². The van der Waals surface area contributed by atoms with Crippen molar-refractivity contribution in [3.05, 3.63) is 33.7 Å². The topological polar surface area (TPSA) is 76.2 Å². The largest absolute Gasteiger partial charge is 0.380 e. The molecule has 0 aromatic carbocycles. The van der Waals surface area contributed by atoms with E-state index in [0.717, 1.165) is 29.5 Å². The normalized spacial score (nSPS) is 14.0. The number of thiophene rings is 1. The Balaban J connectivity index is 1.75. The van der Waals surface area contributed by atoms with Gasteiger partial charge in [-0.15, -0.1) is 11.3 Å². The molecule has 6 nitrogen and oxygen atoms in total. The fourth-order valence-electron chi connectivity index (χ4n) is 3.17. The third-order valence-corrected chi connectivity index (χ3v) is 5.63. The van der Waals surface area contributed by atoms with Gasteiger partial charge >= 0.3 is 0 Å². The molecule has 2 aromatic heterocycles. The Hall–Kier alpha value is -1.86. The molecular weight excluding hydrogens is 310 g/mol. The first kappa shape index (κ1) is 16.0. The van der Waals surface area contributed by atoms with Crippen LogP contribution in [0.25, 0.3) is 0 Å². The summed E-state index contributed by atoms with van der Waals surface area (Å²) in [5.41, 5.74) is 9.37. The fraction of sp³-hybridized carbons (Fsp3) is 0.500. The van der Waals surface area contributed by atoms with E-state index in [4.69, 9.17) is 5.73 Å². The summed E-state index contributed by atoms with van der Waals surface area (Å²) in [6, 6.07) is 0. The van der Waals surface area contributed by atoms with Crippen LogP contribution in [0.5, 0.6) is 0 Å². The standard InChI is InChI=1S/C16H23N5OS/c1-10-7-21(11(2)19-10)9-15(22)20-5-4-12-13(6-17)16(18-3)23-14(12)8-20/h7,18H,4-6,8-9,17H2,1-3H3.